The minimum Gasteiger partial charge on any atom is -0.166 e. The standard InChI is InChI=1S/C18H13F3/c1-12-15-10-6-5-9-14(15)11-16(18(19,20)21)17(12)13-7-3-2-4-8-13/h2-11H,1H3. The molecule has 3 rings (SSSR count). The quantitative estimate of drug-likeness (QED) is 0.527. The van der Waals surface area contributed by atoms with Crippen molar-refractivity contribution in [2.45, 2.75) is 13.1 Å². The second-order valence-corrected chi connectivity index (χ2v) is 5.01. The molecule has 0 amide bonds. The molecule has 21 heavy (non-hydrogen) atoms. The van der Waals surface area contributed by atoms with Crippen molar-refractivity contribution in [3.8, 4) is 11.1 Å². The fraction of sp³-hybridized carbons (Fsp3) is 0.111. The van der Waals surface area contributed by atoms with Crippen molar-refractivity contribution in [1.29, 1.82) is 0 Å². The normalized spacial score (nSPS) is 11.8. The highest BCUT2D eigenvalue weighted by atomic mass is 19.4. The molecule has 3 heteroatoms. The molecule has 0 saturated carbocycles. The summed E-state index contributed by atoms with van der Waals surface area (Å²) in [5.74, 6) is 0. The zero-order chi connectivity index (χ0) is 15.0. The van der Waals surface area contributed by atoms with Crippen LogP contribution in [0.5, 0.6) is 0 Å². The van der Waals surface area contributed by atoms with Crippen molar-refractivity contribution >= 4 is 10.8 Å². The lowest BCUT2D eigenvalue weighted by Crippen LogP contribution is -2.08. The Morgan fingerprint density at radius 1 is 0.810 bits per heavy atom. The third-order valence-corrected chi connectivity index (χ3v) is 3.68. The molecule has 0 spiro atoms. The van der Waals surface area contributed by atoms with E-state index in [9.17, 15) is 13.2 Å². The molecule has 0 heterocycles. The molecule has 106 valence electrons. The van der Waals surface area contributed by atoms with E-state index in [-0.39, 0.29) is 5.56 Å². The van der Waals surface area contributed by atoms with E-state index in [0.29, 0.717) is 16.5 Å². The maximum Gasteiger partial charge on any atom is 0.417 e. The van der Waals surface area contributed by atoms with Gasteiger partial charge in [0.05, 0.1) is 5.56 Å². The Morgan fingerprint density at radius 2 is 1.43 bits per heavy atom. The monoisotopic (exact) mass is 286 g/mol. The summed E-state index contributed by atoms with van der Waals surface area (Å²) in [5, 5.41) is 1.46. The van der Waals surface area contributed by atoms with Crippen molar-refractivity contribution in [3.05, 3.63) is 71.8 Å². The van der Waals surface area contributed by atoms with Crippen molar-refractivity contribution in [3.63, 3.8) is 0 Å². The summed E-state index contributed by atoms with van der Waals surface area (Å²) in [6.45, 7) is 1.75. The highest BCUT2D eigenvalue weighted by Crippen LogP contribution is 2.41. The lowest BCUT2D eigenvalue weighted by Gasteiger charge is -2.18. The number of aryl methyl sites for hydroxylation is 1. The molecule has 0 aliphatic carbocycles. The average Bonchev–Trinajstić information content (AvgIpc) is 2.47. The van der Waals surface area contributed by atoms with Gasteiger partial charge in [0, 0.05) is 0 Å². The molecule has 0 atom stereocenters. The van der Waals surface area contributed by atoms with Crippen LogP contribution in [-0.2, 0) is 6.18 Å². The lowest BCUT2D eigenvalue weighted by molar-refractivity contribution is -0.137. The van der Waals surface area contributed by atoms with E-state index >= 15 is 0 Å². The van der Waals surface area contributed by atoms with Crippen LogP contribution in [0.1, 0.15) is 11.1 Å². The Kier molecular flexibility index (Phi) is 3.20. The van der Waals surface area contributed by atoms with Crippen molar-refractivity contribution in [1.82, 2.24) is 0 Å². The van der Waals surface area contributed by atoms with Crippen molar-refractivity contribution in [2.24, 2.45) is 0 Å². The van der Waals surface area contributed by atoms with Gasteiger partial charge in [0.2, 0.25) is 0 Å². The maximum atomic E-state index is 13.4. The number of halogens is 3. The van der Waals surface area contributed by atoms with Crippen LogP contribution in [0.2, 0.25) is 0 Å². The third-order valence-electron chi connectivity index (χ3n) is 3.68. The molecule has 0 saturated heterocycles. The van der Waals surface area contributed by atoms with E-state index in [0.717, 1.165) is 5.39 Å². The SMILES string of the molecule is Cc1c(-c2ccccc2)c(C(F)(F)F)cc2ccccc12. The molecule has 0 bridgehead atoms. The Bertz CT molecular complexity index is 787. The predicted octanol–water partition coefficient (Wildman–Crippen LogP) is 5.83. The Morgan fingerprint density at radius 3 is 2.10 bits per heavy atom. The van der Waals surface area contributed by atoms with Gasteiger partial charge in [-0.1, -0.05) is 54.6 Å². The van der Waals surface area contributed by atoms with Crippen LogP contribution in [0.4, 0.5) is 13.2 Å². The van der Waals surface area contributed by atoms with Crippen LogP contribution in [0.25, 0.3) is 21.9 Å². The molecule has 0 aliphatic heterocycles. The second kappa shape index (κ2) is 4.92. The molecule has 0 nitrogen and oxygen atoms in total. The second-order valence-electron chi connectivity index (χ2n) is 5.01. The molecule has 0 radical (unpaired) electrons. The van der Waals surface area contributed by atoms with Crippen LogP contribution in [0.15, 0.2) is 60.7 Å². The van der Waals surface area contributed by atoms with Crippen molar-refractivity contribution < 1.29 is 13.2 Å². The summed E-state index contributed by atoms with van der Waals surface area (Å²) in [6.07, 6.45) is -4.38. The zero-order valence-electron chi connectivity index (χ0n) is 11.4. The molecule has 3 aromatic rings. The molecule has 0 unspecified atom stereocenters. The average molecular weight is 286 g/mol. The largest absolute Gasteiger partial charge is 0.417 e. The summed E-state index contributed by atoms with van der Waals surface area (Å²) in [7, 11) is 0. The molecule has 3 aromatic carbocycles. The van der Waals surface area contributed by atoms with Gasteiger partial charge in [-0.3, -0.25) is 0 Å². The van der Waals surface area contributed by atoms with Crippen LogP contribution in [0.3, 0.4) is 0 Å². The minimum absolute atomic E-state index is 0.266. The van der Waals surface area contributed by atoms with Gasteiger partial charge in [0.25, 0.3) is 0 Å². The van der Waals surface area contributed by atoms with Gasteiger partial charge in [-0.2, -0.15) is 13.2 Å². The number of rotatable bonds is 1. The summed E-state index contributed by atoms with van der Waals surface area (Å²) >= 11 is 0. The van der Waals surface area contributed by atoms with Gasteiger partial charge in [0.15, 0.2) is 0 Å². The van der Waals surface area contributed by atoms with Gasteiger partial charge >= 0.3 is 6.18 Å². The first-order valence-electron chi connectivity index (χ1n) is 6.63. The number of hydrogen-bond donors (Lipinski definition) is 0. The summed E-state index contributed by atoms with van der Waals surface area (Å²) in [5.41, 5.74) is 0.936. The summed E-state index contributed by atoms with van der Waals surface area (Å²) in [4.78, 5) is 0. The fourth-order valence-corrected chi connectivity index (χ4v) is 2.73. The maximum absolute atomic E-state index is 13.4. The first kappa shape index (κ1) is 13.7. The third kappa shape index (κ3) is 2.40. The Balaban J connectivity index is 2.43. The topological polar surface area (TPSA) is 0 Å². The first-order valence-corrected chi connectivity index (χ1v) is 6.63. The van der Waals surface area contributed by atoms with Crippen LogP contribution in [-0.4, -0.2) is 0 Å². The van der Waals surface area contributed by atoms with E-state index in [1.54, 1.807) is 49.4 Å². The zero-order valence-corrected chi connectivity index (χ0v) is 11.4. The van der Waals surface area contributed by atoms with Gasteiger partial charge in [-0.15, -0.1) is 0 Å². The highest BCUT2D eigenvalue weighted by molar-refractivity contribution is 5.93. The van der Waals surface area contributed by atoms with Crippen LogP contribution in [0, 0.1) is 6.92 Å². The van der Waals surface area contributed by atoms with E-state index < -0.39 is 11.7 Å². The Labute approximate surface area is 120 Å². The van der Waals surface area contributed by atoms with Gasteiger partial charge < -0.3 is 0 Å². The van der Waals surface area contributed by atoms with Gasteiger partial charge in [0.1, 0.15) is 0 Å². The van der Waals surface area contributed by atoms with Gasteiger partial charge in [-0.05, 0) is 40.5 Å². The molecular weight excluding hydrogens is 273 g/mol. The summed E-state index contributed by atoms with van der Waals surface area (Å²) < 4.78 is 40.3. The molecule has 0 N–H and O–H groups in total. The number of benzene rings is 3. The number of hydrogen-bond acceptors (Lipinski definition) is 0. The highest BCUT2D eigenvalue weighted by Gasteiger charge is 2.35. The van der Waals surface area contributed by atoms with E-state index in [2.05, 4.69) is 0 Å². The van der Waals surface area contributed by atoms with E-state index in [1.807, 2.05) is 12.1 Å². The van der Waals surface area contributed by atoms with E-state index in [4.69, 9.17) is 0 Å². The van der Waals surface area contributed by atoms with Crippen LogP contribution >= 0.6 is 0 Å². The molecule has 0 fully saturated rings. The molecule has 0 aromatic heterocycles. The van der Waals surface area contributed by atoms with Crippen molar-refractivity contribution in [2.75, 3.05) is 0 Å². The molecule has 0 aliphatic rings. The number of fused-ring (bicyclic) bond motifs is 1. The summed E-state index contributed by atoms with van der Waals surface area (Å²) in [6, 6.07) is 17.1. The first-order chi connectivity index (χ1) is 9.98. The molecular formula is C18H13F3. The lowest BCUT2D eigenvalue weighted by atomic mass is 9.90. The Hall–Kier alpha value is -2.29. The van der Waals surface area contributed by atoms with E-state index in [1.165, 1.54) is 6.07 Å². The smallest absolute Gasteiger partial charge is 0.166 e. The fourth-order valence-electron chi connectivity index (χ4n) is 2.73. The number of alkyl halides is 3. The van der Waals surface area contributed by atoms with Gasteiger partial charge in [-0.25, -0.2) is 0 Å². The predicted molar refractivity (Wildman–Crippen MR) is 79.1 cm³/mol. The van der Waals surface area contributed by atoms with Crippen LogP contribution < -0.4 is 0 Å². The minimum atomic E-state index is -4.38.